The van der Waals surface area contributed by atoms with Gasteiger partial charge >= 0.3 is 6.18 Å². The van der Waals surface area contributed by atoms with Crippen molar-refractivity contribution in [3.8, 4) is 23.7 Å². The summed E-state index contributed by atoms with van der Waals surface area (Å²) in [5.74, 6) is 7.48. The Morgan fingerprint density at radius 1 is 0.789 bits per heavy atom. The van der Waals surface area contributed by atoms with E-state index < -0.39 is 34.6 Å². The molecule has 0 saturated heterocycles. The van der Waals surface area contributed by atoms with Crippen molar-refractivity contribution in [3.05, 3.63) is 46.8 Å². The molecule has 0 aromatic heterocycles. The fourth-order valence-electron chi connectivity index (χ4n) is 6.00. The van der Waals surface area contributed by atoms with Gasteiger partial charge in [-0.2, -0.15) is 13.2 Å². The molecule has 0 radical (unpaired) electrons. The van der Waals surface area contributed by atoms with Crippen LogP contribution in [0.15, 0.2) is 18.2 Å². The first-order valence-electron chi connectivity index (χ1n) is 13.9. The highest BCUT2D eigenvalue weighted by molar-refractivity contribution is 5.86. The Morgan fingerprint density at radius 2 is 1.42 bits per heavy atom. The summed E-state index contributed by atoms with van der Waals surface area (Å²) >= 11 is 0. The molecule has 204 valence electrons. The molecule has 0 spiro atoms. The Labute approximate surface area is 221 Å². The standard InChI is InChI=1S/C32H34F6/c1-2-3-4-5-21-6-8-22(9-7-21)10-11-23-12-14-24(15-13-23)25-18-26-20-28(33)27(16-17-32(36,37)38)31(35)30(26)29(34)19-25/h18-24H,2-9,12-15H2,1H3. The molecule has 2 fully saturated rings. The van der Waals surface area contributed by atoms with Gasteiger partial charge in [-0.3, -0.25) is 0 Å². The molecule has 0 bridgehead atoms. The summed E-state index contributed by atoms with van der Waals surface area (Å²) in [6.07, 6.45) is 8.67. The van der Waals surface area contributed by atoms with Crippen LogP contribution in [-0.2, 0) is 0 Å². The topological polar surface area (TPSA) is 0 Å². The van der Waals surface area contributed by atoms with E-state index in [2.05, 4.69) is 18.8 Å². The third kappa shape index (κ3) is 7.28. The van der Waals surface area contributed by atoms with Gasteiger partial charge in [-0.25, -0.2) is 13.2 Å². The van der Waals surface area contributed by atoms with Crippen LogP contribution in [0.4, 0.5) is 26.3 Å². The third-order valence-corrected chi connectivity index (χ3v) is 8.19. The summed E-state index contributed by atoms with van der Waals surface area (Å²) < 4.78 is 81.2. The molecule has 4 rings (SSSR count). The highest BCUT2D eigenvalue weighted by atomic mass is 19.4. The van der Waals surface area contributed by atoms with Gasteiger partial charge in [0.2, 0.25) is 0 Å². The van der Waals surface area contributed by atoms with Crippen LogP contribution in [0.5, 0.6) is 0 Å². The quantitative estimate of drug-likeness (QED) is 0.204. The number of benzene rings is 2. The van der Waals surface area contributed by atoms with E-state index in [1.807, 2.05) is 0 Å². The zero-order valence-electron chi connectivity index (χ0n) is 21.8. The second-order valence-electron chi connectivity index (χ2n) is 10.9. The van der Waals surface area contributed by atoms with E-state index >= 15 is 0 Å². The van der Waals surface area contributed by atoms with Crippen LogP contribution in [0.1, 0.15) is 101 Å². The van der Waals surface area contributed by atoms with Gasteiger partial charge in [0, 0.05) is 17.8 Å². The minimum atomic E-state index is -4.91. The van der Waals surface area contributed by atoms with Crippen LogP contribution in [0.2, 0.25) is 0 Å². The lowest BCUT2D eigenvalue weighted by molar-refractivity contribution is -0.0696. The molecule has 0 heterocycles. The molecule has 0 atom stereocenters. The molecule has 0 unspecified atom stereocenters. The lowest BCUT2D eigenvalue weighted by atomic mass is 9.77. The average molecular weight is 533 g/mol. The van der Waals surface area contributed by atoms with Gasteiger partial charge in [0.05, 0.1) is 10.9 Å². The molecule has 2 aliphatic carbocycles. The van der Waals surface area contributed by atoms with Gasteiger partial charge in [-0.1, -0.05) is 56.4 Å². The Morgan fingerprint density at radius 3 is 2.03 bits per heavy atom. The van der Waals surface area contributed by atoms with E-state index in [4.69, 9.17) is 0 Å². The van der Waals surface area contributed by atoms with Crippen LogP contribution in [0.3, 0.4) is 0 Å². The molecule has 0 amide bonds. The molecule has 0 N–H and O–H groups in total. The number of hydrogen-bond donors (Lipinski definition) is 0. The van der Waals surface area contributed by atoms with Crippen molar-refractivity contribution >= 4 is 10.8 Å². The SMILES string of the molecule is CCCCCC1CCC(C#CC2CCC(c3cc(F)c4c(F)c(C#CC(F)(F)F)c(F)cc4c3)CC2)CC1. The lowest BCUT2D eigenvalue weighted by Crippen LogP contribution is -2.15. The number of alkyl halides is 3. The van der Waals surface area contributed by atoms with Crippen LogP contribution in [0.25, 0.3) is 10.8 Å². The Hall–Kier alpha value is -2.60. The zero-order chi connectivity index (χ0) is 27.3. The zero-order valence-corrected chi connectivity index (χ0v) is 21.8. The first-order valence-corrected chi connectivity index (χ1v) is 13.9. The molecule has 38 heavy (non-hydrogen) atoms. The van der Waals surface area contributed by atoms with Crippen molar-refractivity contribution in [1.82, 2.24) is 0 Å². The predicted octanol–water partition coefficient (Wildman–Crippen LogP) is 9.83. The van der Waals surface area contributed by atoms with Crippen molar-refractivity contribution < 1.29 is 26.3 Å². The Balaban J connectivity index is 1.38. The van der Waals surface area contributed by atoms with Crippen molar-refractivity contribution in [2.75, 3.05) is 0 Å². The van der Waals surface area contributed by atoms with Gasteiger partial charge in [-0.05, 0) is 86.3 Å². The van der Waals surface area contributed by atoms with Crippen LogP contribution >= 0.6 is 0 Å². The maximum atomic E-state index is 14.9. The van der Waals surface area contributed by atoms with Crippen LogP contribution < -0.4 is 0 Å². The number of rotatable bonds is 5. The monoisotopic (exact) mass is 532 g/mol. The molecule has 0 aliphatic heterocycles. The van der Waals surface area contributed by atoms with E-state index in [-0.39, 0.29) is 11.3 Å². The van der Waals surface area contributed by atoms with Gasteiger partial charge in [0.1, 0.15) is 11.6 Å². The number of hydrogen-bond acceptors (Lipinski definition) is 0. The molecule has 0 nitrogen and oxygen atoms in total. The summed E-state index contributed by atoms with van der Waals surface area (Å²) in [7, 11) is 0. The number of halogens is 6. The molecule has 6 heteroatoms. The number of fused-ring (bicyclic) bond motifs is 1. The molecular weight excluding hydrogens is 498 g/mol. The molecule has 2 aliphatic rings. The van der Waals surface area contributed by atoms with E-state index in [1.165, 1.54) is 63.4 Å². The normalized spacial score (nSPS) is 23.9. The lowest BCUT2D eigenvalue weighted by Gasteiger charge is -2.27. The fraction of sp³-hybridized carbons (Fsp3) is 0.562. The van der Waals surface area contributed by atoms with E-state index in [0.717, 1.165) is 43.6 Å². The van der Waals surface area contributed by atoms with Crippen molar-refractivity contribution in [1.29, 1.82) is 0 Å². The minimum Gasteiger partial charge on any atom is -0.206 e. The first kappa shape index (κ1) is 28.4. The summed E-state index contributed by atoms with van der Waals surface area (Å²) in [6, 6.07) is 3.63. The maximum Gasteiger partial charge on any atom is 0.458 e. The largest absolute Gasteiger partial charge is 0.458 e. The summed E-state index contributed by atoms with van der Waals surface area (Å²) in [5, 5.41) is -0.555. The highest BCUT2D eigenvalue weighted by Gasteiger charge is 2.26. The van der Waals surface area contributed by atoms with E-state index in [9.17, 15) is 26.3 Å². The van der Waals surface area contributed by atoms with Crippen molar-refractivity contribution in [3.63, 3.8) is 0 Å². The summed E-state index contributed by atoms with van der Waals surface area (Å²) in [5.41, 5.74) is -0.429. The molecular formula is C32H34F6. The maximum absolute atomic E-state index is 14.9. The van der Waals surface area contributed by atoms with E-state index in [1.54, 1.807) is 6.07 Å². The molecule has 2 saturated carbocycles. The molecule has 2 aromatic carbocycles. The van der Waals surface area contributed by atoms with Crippen molar-refractivity contribution in [2.24, 2.45) is 17.8 Å². The van der Waals surface area contributed by atoms with Gasteiger partial charge in [0.15, 0.2) is 5.82 Å². The Kier molecular flexibility index (Phi) is 9.35. The van der Waals surface area contributed by atoms with Crippen molar-refractivity contribution in [2.45, 2.75) is 96.1 Å². The second-order valence-corrected chi connectivity index (χ2v) is 10.9. The fourth-order valence-corrected chi connectivity index (χ4v) is 6.00. The second kappa shape index (κ2) is 12.5. The smallest absolute Gasteiger partial charge is 0.206 e. The molecule has 2 aromatic rings. The Bertz CT molecular complexity index is 1240. The van der Waals surface area contributed by atoms with Gasteiger partial charge < -0.3 is 0 Å². The van der Waals surface area contributed by atoms with E-state index in [0.29, 0.717) is 17.4 Å². The van der Waals surface area contributed by atoms with Gasteiger partial charge in [0.25, 0.3) is 0 Å². The predicted molar refractivity (Wildman–Crippen MR) is 139 cm³/mol. The summed E-state index contributed by atoms with van der Waals surface area (Å²) in [4.78, 5) is 0. The average Bonchev–Trinajstić information content (AvgIpc) is 2.87. The minimum absolute atomic E-state index is 0.0141. The third-order valence-electron chi connectivity index (χ3n) is 8.19. The van der Waals surface area contributed by atoms with Crippen LogP contribution in [-0.4, -0.2) is 6.18 Å². The van der Waals surface area contributed by atoms with Gasteiger partial charge in [-0.15, -0.1) is 0 Å². The first-order chi connectivity index (χ1) is 18.1. The number of unbranched alkanes of at least 4 members (excludes halogenated alkanes) is 2. The van der Waals surface area contributed by atoms with Crippen LogP contribution in [0, 0.1) is 58.9 Å². The summed E-state index contributed by atoms with van der Waals surface area (Å²) in [6.45, 7) is 2.24. The highest BCUT2D eigenvalue weighted by Crippen LogP contribution is 2.39.